The molecule has 22 heavy (non-hydrogen) atoms. The van der Waals surface area contributed by atoms with Gasteiger partial charge in [-0.25, -0.2) is 0 Å². The van der Waals surface area contributed by atoms with Gasteiger partial charge in [0.05, 0.1) is 5.02 Å². The van der Waals surface area contributed by atoms with Gasteiger partial charge in [0.2, 0.25) is 0 Å². The van der Waals surface area contributed by atoms with E-state index in [1.54, 1.807) is 0 Å². The molecule has 0 bridgehead atoms. The maximum absolute atomic E-state index is 6.66. The van der Waals surface area contributed by atoms with Crippen LogP contribution in [0.15, 0.2) is 66.7 Å². The molecule has 1 nitrogen and oxygen atoms in total. The highest BCUT2D eigenvalue weighted by molar-refractivity contribution is 6.32. The summed E-state index contributed by atoms with van der Waals surface area (Å²) in [5.74, 6) is 1.81. The molecule has 0 saturated heterocycles. The van der Waals surface area contributed by atoms with Crippen LogP contribution in [0.2, 0.25) is 5.02 Å². The maximum atomic E-state index is 6.66. The summed E-state index contributed by atoms with van der Waals surface area (Å²) >= 11 is 6.66. The molecule has 3 aromatic carbocycles. The Balaban J connectivity index is 1.71. The van der Waals surface area contributed by atoms with Gasteiger partial charge in [-0.1, -0.05) is 66.2 Å². The number of para-hydroxylation sites is 1. The highest BCUT2D eigenvalue weighted by atomic mass is 35.5. The lowest BCUT2D eigenvalue weighted by Gasteiger charge is -2.22. The third-order valence-corrected chi connectivity index (χ3v) is 4.55. The molecular weight excluding hydrogens is 292 g/mol. The van der Waals surface area contributed by atoms with Crippen molar-refractivity contribution in [3.05, 3.63) is 94.0 Å². The van der Waals surface area contributed by atoms with E-state index in [0.717, 1.165) is 40.5 Å². The van der Waals surface area contributed by atoms with E-state index < -0.39 is 0 Å². The molecule has 0 saturated carbocycles. The Hall–Kier alpha value is -2.25. The Kier molecular flexibility index (Phi) is 3.36. The van der Waals surface area contributed by atoms with Crippen LogP contribution in [0.25, 0.3) is 0 Å². The number of hydrogen-bond donors (Lipinski definition) is 0. The first-order chi connectivity index (χ1) is 10.8. The van der Waals surface area contributed by atoms with E-state index in [0.29, 0.717) is 0 Å². The Bertz CT molecular complexity index is 824. The Labute approximate surface area is 135 Å². The zero-order chi connectivity index (χ0) is 14.9. The molecule has 0 aliphatic carbocycles. The van der Waals surface area contributed by atoms with E-state index in [-0.39, 0.29) is 0 Å². The first-order valence-corrected chi connectivity index (χ1v) is 7.79. The monoisotopic (exact) mass is 306 g/mol. The van der Waals surface area contributed by atoms with E-state index in [1.165, 1.54) is 11.1 Å². The molecular formula is C20H15ClO. The molecule has 3 aromatic rings. The van der Waals surface area contributed by atoms with Gasteiger partial charge in [0.15, 0.2) is 0 Å². The van der Waals surface area contributed by atoms with Crippen molar-refractivity contribution in [2.45, 2.75) is 12.8 Å². The number of benzene rings is 3. The summed E-state index contributed by atoms with van der Waals surface area (Å²) in [7, 11) is 0. The van der Waals surface area contributed by atoms with E-state index in [2.05, 4.69) is 36.4 Å². The fourth-order valence-corrected chi connectivity index (χ4v) is 3.21. The van der Waals surface area contributed by atoms with Gasteiger partial charge >= 0.3 is 0 Å². The largest absolute Gasteiger partial charge is 0.457 e. The van der Waals surface area contributed by atoms with Crippen LogP contribution in [0.3, 0.4) is 0 Å². The summed E-state index contributed by atoms with van der Waals surface area (Å²) in [5.41, 5.74) is 4.69. The second kappa shape index (κ2) is 5.51. The molecule has 0 aromatic heterocycles. The van der Waals surface area contributed by atoms with Crippen LogP contribution in [-0.2, 0) is 12.8 Å². The third-order valence-electron chi connectivity index (χ3n) is 4.08. The van der Waals surface area contributed by atoms with Crippen LogP contribution < -0.4 is 4.74 Å². The minimum absolute atomic E-state index is 0.826. The Morgan fingerprint density at radius 3 is 2.45 bits per heavy atom. The molecule has 0 unspecified atom stereocenters. The first-order valence-electron chi connectivity index (χ1n) is 7.41. The molecule has 0 amide bonds. The summed E-state index contributed by atoms with van der Waals surface area (Å²) in [6.07, 6.45) is 1.67. The zero-order valence-electron chi connectivity index (χ0n) is 12.1. The van der Waals surface area contributed by atoms with Crippen molar-refractivity contribution in [2.75, 3.05) is 0 Å². The molecule has 0 fully saturated rings. The summed E-state index contributed by atoms with van der Waals surface area (Å²) in [6.45, 7) is 0. The molecule has 0 spiro atoms. The smallest absolute Gasteiger partial charge is 0.132 e. The van der Waals surface area contributed by atoms with Gasteiger partial charge < -0.3 is 4.74 Å². The summed E-state index contributed by atoms with van der Waals surface area (Å²) in [5, 5.41) is 0.829. The fraction of sp³-hybridized carbons (Fsp3) is 0.100. The summed E-state index contributed by atoms with van der Waals surface area (Å²) in [4.78, 5) is 0. The van der Waals surface area contributed by atoms with Crippen LogP contribution in [0.1, 0.15) is 22.3 Å². The summed E-state index contributed by atoms with van der Waals surface area (Å²) in [6, 6.07) is 22.6. The van der Waals surface area contributed by atoms with Crippen LogP contribution >= 0.6 is 11.6 Å². The Morgan fingerprint density at radius 2 is 1.59 bits per heavy atom. The number of rotatable bonds is 2. The molecule has 2 heteroatoms. The van der Waals surface area contributed by atoms with Gasteiger partial charge in [0, 0.05) is 12.0 Å². The van der Waals surface area contributed by atoms with Crippen molar-refractivity contribution in [3.63, 3.8) is 0 Å². The molecule has 1 aliphatic heterocycles. The molecule has 0 atom stereocenters. The molecule has 108 valence electrons. The second-order valence-corrected chi connectivity index (χ2v) is 5.94. The van der Waals surface area contributed by atoms with Crippen molar-refractivity contribution < 1.29 is 4.74 Å². The van der Waals surface area contributed by atoms with Gasteiger partial charge in [-0.15, -0.1) is 0 Å². The predicted molar refractivity (Wildman–Crippen MR) is 90.0 cm³/mol. The number of ether oxygens (including phenoxy) is 1. The summed E-state index contributed by atoms with van der Waals surface area (Å²) < 4.78 is 5.98. The Morgan fingerprint density at radius 1 is 0.818 bits per heavy atom. The minimum Gasteiger partial charge on any atom is -0.457 e. The first kappa shape index (κ1) is 13.4. The minimum atomic E-state index is 0.826. The van der Waals surface area contributed by atoms with Gasteiger partial charge in [-0.05, 0) is 35.2 Å². The van der Waals surface area contributed by atoms with Crippen LogP contribution in [-0.4, -0.2) is 0 Å². The molecule has 1 aliphatic rings. The lowest BCUT2D eigenvalue weighted by atomic mass is 9.96. The normalized spacial score (nSPS) is 12.2. The molecule has 0 radical (unpaired) electrons. The standard InChI is InChI=1S/C20H15ClO/c21-20-16(12-14-6-2-1-3-7-14)10-11-19-17(20)13-15-8-4-5-9-18(15)22-19/h1-11H,12-13H2. The average molecular weight is 307 g/mol. The number of hydrogen-bond acceptors (Lipinski definition) is 1. The van der Waals surface area contributed by atoms with Crippen molar-refractivity contribution >= 4 is 11.6 Å². The van der Waals surface area contributed by atoms with Gasteiger partial charge in [-0.3, -0.25) is 0 Å². The quantitative estimate of drug-likeness (QED) is 0.466. The van der Waals surface area contributed by atoms with Crippen molar-refractivity contribution in [3.8, 4) is 11.5 Å². The maximum Gasteiger partial charge on any atom is 0.132 e. The second-order valence-electron chi connectivity index (χ2n) is 5.56. The van der Waals surface area contributed by atoms with E-state index in [9.17, 15) is 0 Å². The topological polar surface area (TPSA) is 9.23 Å². The molecule has 4 rings (SSSR count). The van der Waals surface area contributed by atoms with E-state index in [4.69, 9.17) is 16.3 Å². The van der Waals surface area contributed by atoms with Crippen molar-refractivity contribution in [1.29, 1.82) is 0 Å². The van der Waals surface area contributed by atoms with Crippen molar-refractivity contribution in [1.82, 2.24) is 0 Å². The van der Waals surface area contributed by atoms with Gasteiger partial charge in [-0.2, -0.15) is 0 Å². The van der Waals surface area contributed by atoms with Crippen molar-refractivity contribution in [2.24, 2.45) is 0 Å². The van der Waals surface area contributed by atoms with E-state index in [1.807, 2.05) is 30.3 Å². The zero-order valence-corrected chi connectivity index (χ0v) is 12.8. The highest BCUT2D eigenvalue weighted by Gasteiger charge is 2.20. The van der Waals surface area contributed by atoms with Crippen LogP contribution in [0.4, 0.5) is 0 Å². The lowest BCUT2D eigenvalue weighted by molar-refractivity contribution is 0.460. The van der Waals surface area contributed by atoms with E-state index >= 15 is 0 Å². The van der Waals surface area contributed by atoms with Crippen LogP contribution in [0.5, 0.6) is 11.5 Å². The number of halogens is 1. The highest BCUT2D eigenvalue weighted by Crippen LogP contribution is 2.41. The molecule has 0 N–H and O–H groups in total. The van der Waals surface area contributed by atoms with Gasteiger partial charge in [0.1, 0.15) is 11.5 Å². The predicted octanol–water partition coefficient (Wildman–Crippen LogP) is 5.63. The van der Waals surface area contributed by atoms with Gasteiger partial charge in [0.25, 0.3) is 0 Å². The SMILES string of the molecule is Clc1c(Cc2ccccc2)ccc2c1Cc1ccccc1O2. The molecule has 1 heterocycles. The number of fused-ring (bicyclic) bond motifs is 2. The lowest BCUT2D eigenvalue weighted by Crippen LogP contribution is -2.05. The third kappa shape index (κ3) is 2.38. The van der Waals surface area contributed by atoms with Crippen LogP contribution in [0, 0.1) is 0 Å². The fourth-order valence-electron chi connectivity index (χ4n) is 2.92. The average Bonchev–Trinajstić information content (AvgIpc) is 2.57.